The van der Waals surface area contributed by atoms with Crippen molar-refractivity contribution in [1.82, 2.24) is 19.4 Å². The molecule has 4 nitrogen and oxygen atoms in total. The molecule has 0 atom stereocenters. The maximum absolute atomic E-state index is 6.01. The molecule has 0 spiro atoms. The van der Waals surface area contributed by atoms with Crippen LogP contribution in [0.5, 0.6) is 0 Å². The van der Waals surface area contributed by atoms with Crippen molar-refractivity contribution in [2.24, 2.45) is 0 Å². The van der Waals surface area contributed by atoms with E-state index in [1.165, 1.54) is 5.56 Å². The van der Waals surface area contributed by atoms with E-state index < -0.39 is 0 Å². The van der Waals surface area contributed by atoms with E-state index in [0.717, 1.165) is 55.9 Å². The first kappa shape index (κ1) is 16.6. The van der Waals surface area contributed by atoms with Crippen LogP contribution >= 0.6 is 11.6 Å². The minimum absolute atomic E-state index is 0.463. The molecule has 1 fully saturated rings. The van der Waals surface area contributed by atoms with Gasteiger partial charge in [0.15, 0.2) is 5.65 Å². The summed E-state index contributed by atoms with van der Waals surface area (Å²) in [5.74, 6) is 1.67. The number of imidazole rings is 1. The van der Waals surface area contributed by atoms with Crippen LogP contribution in [-0.4, -0.2) is 38.4 Å². The van der Waals surface area contributed by atoms with Crippen LogP contribution in [0.25, 0.3) is 11.2 Å². The van der Waals surface area contributed by atoms with Gasteiger partial charge in [-0.1, -0.05) is 30.3 Å². The molecule has 0 radical (unpaired) electrons. The molecular formula is C20H23ClN4. The van der Waals surface area contributed by atoms with Crippen LogP contribution in [0.4, 0.5) is 0 Å². The Labute approximate surface area is 153 Å². The maximum Gasteiger partial charge on any atom is 0.160 e. The van der Waals surface area contributed by atoms with Gasteiger partial charge in [0.2, 0.25) is 0 Å². The van der Waals surface area contributed by atoms with Gasteiger partial charge in [-0.05, 0) is 30.5 Å². The van der Waals surface area contributed by atoms with E-state index in [2.05, 4.69) is 44.8 Å². The fourth-order valence-corrected chi connectivity index (χ4v) is 3.97. The van der Waals surface area contributed by atoms with E-state index >= 15 is 0 Å². The lowest BCUT2D eigenvalue weighted by Gasteiger charge is -2.33. The zero-order chi connectivity index (χ0) is 17.1. The molecule has 3 aromatic rings. The van der Waals surface area contributed by atoms with Gasteiger partial charge in [0.25, 0.3) is 0 Å². The minimum Gasteiger partial charge on any atom is -0.309 e. The first-order valence-corrected chi connectivity index (χ1v) is 9.52. The number of likely N-dealkylation sites (tertiary alicyclic amines) is 1. The van der Waals surface area contributed by atoms with Crippen LogP contribution in [0, 0.1) is 0 Å². The van der Waals surface area contributed by atoms with E-state index in [1.807, 2.05) is 18.3 Å². The Morgan fingerprint density at radius 3 is 2.60 bits per heavy atom. The van der Waals surface area contributed by atoms with Crippen molar-refractivity contribution in [2.45, 2.75) is 31.8 Å². The standard InChI is InChI=1S/C20H23ClN4/c21-11-8-19-23-18-7-4-12-22-20(18)25(19)17-9-13-24(14-10-17)15-16-5-2-1-3-6-16/h1-7,12,17H,8-11,13-15H2. The molecule has 0 amide bonds. The third-order valence-electron chi connectivity index (χ3n) is 5.01. The highest BCUT2D eigenvalue weighted by Crippen LogP contribution is 2.28. The molecule has 4 rings (SSSR count). The molecular weight excluding hydrogens is 332 g/mol. The number of hydrogen-bond donors (Lipinski definition) is 0. The number of fused-ring (bicyclic) bond motifs is 1. The number of hydrogen-bond acceptors (Lipinski definition) is 3. The van der Waals surface area contributed by atoms with Gasteiger partial charge < -0.3 is 4.57 Å². The lowest BCUT2D eigenvalue weighted by Crippen LogP contribution is -2.34. The molecule has 1 aliphatic heterocycles. The second-order valence-electron chi connectivity index (χ2n) is 6.68. The van der Waals surface area contributed by atoms with Crippen LogP contribution < -0.4 is 0 Å². The van der Waals surface area contributed by atoms with Gasteiger partial charge in [-0.15, -0.1) is 11.6 Å². The minimum atomic E-state index is 0.463. The van der Waals surface area contributed by atoms with Gasteiger partial charge in [0.05, 0.1) is 0 Å². The van der Waals surface area contributed by atoms with E-state index in [1.54, 1.807) is 0 Å². The summed E-state index contributed by atoms with van der Waals surface area (Å²) in [4.78, 5) is 11.9. The fraction of sp³-hybridized carbons (Fsp3) is 0.400. The molecule has 1 saturated heterocycles. The molecule has 0 bridgehead atoms. The third kappa shape index (κ3) is 3.55. The smallest absolute Gasteiger partial charge is 0.160 e. The fourth-order valence-electron chi connectivity index (χ4n) is 3.80. The summed E-state index contributed by atoms with van der Waals surface area (Å²) in [5.41, 5.74) is 3.37. The van der Waals surface area contributed by atoms with E-state index in [4.69, 9.17) is 16.6 Å². The van der Waals surface area contributed by atoms with E-state index in [-0.39, 0.29) is 0 Å². The van der Waals surface area contributed by atoms with Gasteiger partial charge in [-0.25, -0.2) is 9.97 Å². The van der Waals surface area contributed by atoms with Crippen LogP contribution in [-0.2, 0) is 13.0 Å². The molecule has 0 aliphatic carbocycles. The summed E-state index contributed by atoms with van der Waals surface area (Å²) in [6.07, 6.45) is 4.91. The summed E-state index contributed by atoms with van der Waals surface area (Å²) >= 11 is 6.01. The Morgan fingerprint density at radius 2 is 1.84 bits per heavy atom. The van der Waals surface area contributed by atoms with Crippen molar-refractivity contribution in [3.8, 4) is 0 Å². The number of piperidine rings is 1. The summed E-state index contributed by atoms with van der Waals surface area (Å²) in [6.45, 7) is 3.24. The quantitative estimate of drug-likeness (QED) is 0.648. The summed E-state index contributed by atoms with van der Waals surface area (Å²) in [5, 5.41) is 0. The first-order chi connectivity index (χ1) is 12.3. The molecule has 3 heterocycles. The highest BCUT2D eigenvalue weighted by Gasteiger charge is 2.24. The number of pyridine rings is 1. The normalized spacial score (nSPS) is 16.5. The van der Waals surface area contributed by atoms with Crippen LogP contribution in [0.15, 0.2) is 48.7 Å². The maximum atomic E-state index is 6.01. The Balaban J connectivity index is 1.50. The average molecular weight is 355 g/mol. The zero-order valence-corrected chi connectivity index (χ0v) is 15.1. The van der Waals surface area contributed by atoms with Crippen molar-refractivity contribution in [2.75, 3.05) is 19.0 Å². The predicted molar refractivity (Wildman–Crippen MR) is 102 cm³/mol. The number of alkyl halides is 1. The lowest BCUT2D eigenvalue weighted by atomic mass is 10.0. The van der Waals surface area contributed by atoms with Crippen LogP contribution in [0.1, 0.15) is 30.3 Å². The number of halogens is 1. The summed E-state index contributed by atoms with van der Waals surface area (Å²) in [7, 11) is 0. The number of nitrogens with zero attached hydrogens (tertiary/aromatic N) is 4. The Bertz CT molecular complexity index is 822. The third-order valence-corrected chi connectivity index (χ3v) is 5.20. The number of aryl methyl sites for hydroxylation is 1. The Morgan fingerprint density at radius 1 is 1.04 bits per heavy atom. The van der Waals surface area contributed by atoms with Gasteiger partial charge in [-0.3, -0.25) is 4.90 Å². The highest BCUT2D eigenvalue weighted by molar-refractivity contribution is 6.17. The van der Waals surface area contributed by atoms with Crippen molar-refractivity contribution < 1.29 is 0 Å². The highest BCUT2D eigenvalue weighted by atomic mass is 35.5. The molecule has 0 unspecified atom stereocenters. The van der Waals surface area contributed by atoms with Gasteiger partial charge >= 0.3 is 0 Å². The zero-order valence-electron chi connectivity index (χ0n) is 14.3. The van der Waals surface area contributed by atoms with Crippen molar-refractivity contribution in [3.05, 3.63) is 60.0 Å². The Kier molecular flexibility index (Phi) is 4.99. The number of rotatable bonds is 5. The second-order valence-corrected chi connectivity index (χ2v) is 7.05. The average Bonchev–Trinajstić information content (AvgIpc) is 3.02. The summed E-state index contributed by atoms with van der Waals surface area (Å²) in [6, 6.07) is 15.2. The molecule has 2 aromatic heterocycles. The molecule has 5 heteroatoms. The molecule has 25 heavy (non-hydrogen) atoms. The first-order valence-electron chi connectivity index (χ1n) is 8.99. The van der Waals surface area contributed by atoms with Gasteiger partial charge in [0.1, 0.15) is 11.3 Å². The molecule has 130 valence electrons. The lowest BCUT2D eigenvalue weighted by molar-refractivity contribution is 0.179. The monoisotopic (exact) mass is 354 g/mol. The van der Waals surface area contributed by atoms with Crippen LogP contribution in [0.2, 0.25) is 0 Å². The summed E-state index contributed by atoms with van der Waals surface area (Å²) < 4.78 is 2.34. The second kappa shape index (κ2) is 7.54. The SMILES string of the molecule is ClCCc1nc2cccnc2n1C1CCN(Cc2ccccc2)CC1. The van der Waals surface area contributed by atoms with E-state index in [9.17, 15) is 0 Å². The topological polar surface area (TPSA) is 34.0 Å². The largest absolute Gasteiger partial charge is 0.309 e. The van der Waals surface area contributed by atoms with E-state index in [0.29, 0.717) is 11.9 Å². The number of aromatic nitrogens is 3. The van der Waals surface area contributed by atoms with Gasteiger partial charge in [-0.2, -0.15) is 0 Å². The molecule has 1 aliphatic rings. The van der Waals surface area contributed by atoms with Crippen molar-refractivity contribution in [3.63, 3.8) is 0 Å². The van der Waals surface area contributed by atoms with Crippen molar-refractivity contribution >= 4 is 22.8 Å². The number of benzene rings is 1. The Hall–Kier alpha value is -1.91. The van der Waals surface area contributed by atoms with Crippen molar-refractivity contribution in [1.29, 1.82) is 0 Å². The molecule has 0 saturated carbocycles. The van der Waals surface area contributed by atoms with Gasteiger partial charge in [0, 0.05) is 44.2 Å². The predicted octanol–water partition coefficient (Wildman–Crippen LogP) is 4.05. The molecule has 0 N–H and O–H groups in total. The van der Waals surface area contributed by atoms with Crippen LogP contribution in [0.3, 0.4) is 0 Å². The molecule has 1 aromatic carbocycles.